The molecule has 0 heterocycles. The highest BCUT2D eigenvalue weighted by molar-refractivity contribution is 5.71. The van der Waals surface area contributed by atoms with Gasteiger partial charge in [-0.15, -0.1) is 0 Å². The van der Waals surface area contributed by atoms with E-state index in [1.165, 1.54) is 51.4 Å². The zero-order valence-electron chi connectivity index (χ0n) is 49.7. The van der Waals surface area contributed by atoms with Crippen LogP contribution in [0.2, 0.25) is 0 Å². The minimum Gasteiger partial charge on any atom is -0.462 e. The van der Waals surface area contributed by atoms with Crippen LogP contribution in [0.1, 0.15) is 265 Å². The number of esters is 3. The maximum Gasteiger partial charge on any atom is 0.306 e. The lowest BCUT2D eigenvalue weighted by Gasteiger charge is -2.18. The molecule has 0 fully saturated rings. The largest absolute Gasteiger partial charge is 0.462 e. The molecule has 1 unspecified atom stereocenters. The fraction of sp³-hybridized carbons (Fsp3) is 0.620. The molecule has 6 nitrogen and oxygen atoms in total. The van der Waals surface area contributed by atoms with E-state index < -0.39 is 6.10 Å². The number of rotatable bonds is 55. The normalized spacial score (nSPS) is 13.1. The summed E-state index contributed by atoms with van der Waals surface area (Å²) < 4.78 is 16.8. The van der Waals surface area contributed by atoms with Crippen molar-refractivity contribution < 1.29 is 28.6 Å². The van der Waals surface area contributed by atoms with Crippen molar-refractivity contribution >= 4 is 17.9 Å². The highest BCUT2D eigenvalue weighted by Crippen LogP contribution is 2.14. The van der Waals surface area contributed by atoms with Crippen molar-refractivity contribution in [2.24, 2.45) is 0 Å². The van der Waals surface area contributed by atoms with Gasteiger partial charge in [0.05, 0.1) is 0 Å². The molecule has 0 N–H and O–H groups in total. The smallest absolute Gasteiger partial charge is 0.306 e. The van der Waals surface area contributed by atoms with Crippen LogP contribution in [0, 0.1) is 0 Å². The Labute approximate surface area is 474 Å². The molecule has 0 saturated heterocycles. The highest BCUT2D eigenvalue weighted by Gasteiger charge is 2.19. The van der Waals surface area contributed by atoms with E-state index in [1.807, 2.05) is 0 Å². The first-order chi connectivity index (χ1) is 38.0. The lowest BCUT2D eigenvalue weighted by molar-refractivity contribution is -0.167. The van der Waals surface area contributed by atoms with Gasteiger partial charge >= 0.3 is 17.9 Å². The Morgan fingerprint density at radius 1 is 0.273 bits per heavy atom. The Kier molecular flexibility index (Phi) is 59.9. The Hall–Kier alpha value is -4.71. The summed E-state index contributed by atoms with van der Waals surface area (Å²) in [6.07, 6.45) is 91.4. The third-order valence-electron chi connectivity index (χ3n) is 12.8. The van der Waals surface area contributed by atoms with Crippen LogP contribution in [0.5, 0.6) is 0 Å². The molecule has 0 aliphatic carbocycles. The average molecular weight is 1060 g/mol. The van der Waals surface area contributed by atoms with Gasteiger partial charge in [0.25, 0.3) is 0 Å². The van der Waals surface area contributed by atoms with Gasteiger partial charge in [-0.3, -0.25) is 14.4 Å². The van der Waals surface area contributed by atoms with Crippen LogP contribution in [0.15, 0.2) is 146 Å². The SMILES string of the molecule is CC/C=C\C/C=C\C/C=C\C/C=C\C/C=C\C/C=C\C/C=C\C/C=C\C/C=C\CCCCCCCC(=O)OCC(COC(=O)CCCCCCC/C=C\CCCC)OC(=O)CCCCCCC/C=C\C/C=C\CCCCC. The second-order valence-corrected chi connectivity index (χ2v) is 20.2. The van der Waals surface area contributed by atoms with Crippen LogP contribution in [-0.2, 0) is 28.6 Å². The minimum atomic E-state index is -0.802. The van der Waals surface area contributed by atoms with Gasteiger partial charge in [-0.1, -0.05) is 250 Å². The van der Waals surface area contributed by atoms with Gasteiger partial charge in [0.1, 0.15) is 13.2 Å². The van der Waals surface area contributed by atoms with Gasteiger partial charge in [-0.2, -0.15) is 0 Å². The molecule has 6 heteroatoms. The van der Waals surface area contributed by atoms with Crippen LogP contribution >= 0.6 is 0 Å². The second-order valence-electron chi connectivity index (χ2n) is 20.2. The molecule has 77 heavy (non-hydrogen) atoms. The molecule has 0 rings (SSSR count). The van der Waals surface area contributed by atoms with E-state index in [0.717, 1.165) is 173 Å². The van der Waals surface area contributed by atoms with E-state index in [9.17, 15) is 14.4 Å². The Morgan fingerprint density at radius 3 is 0.844 bits per heavy atom. The van der Waals surface area contributed by atoms with Crippen LogP contribution in [0.3, 0.4) is 0 Å². The molecular weight excluding hydrogens is 949 g/mol. The van der Waals surface area contributed by atoms with Crippen LogP contribution in [0.25, 0.3) is 0 Å². The summed E-state index contributed by atoms with van der Waals surface area (Å²) in [4.78, 5) is 38.2. The first-order valence-corrected chi connectivity index (χ1v) is 31.3. The first kappa shape index (κ1) is 72.3. The predicted molar refractivity (Wildman–Crippen MR) is 334 cm³/mol. The van der Waals surface area contributed by atoms with E-state index in [4.69, 9.17) is 14.2 Å². The molecule has 0 aliphatic heterocycles. The Morgan fingerprint density at radius 2 is 0.519 bits per heavy atom. The number of carbonyl (C=O) groups excluding carboxylic acids is 3. The number of allylic oxidation sites excluding steroid dienone is 24. The van der Waals surface area contributed by atoms with Crippen molar-refractivity contribution in [1.82, 2.24) is 0 Å². The molecule has 0 radical (unpaired) electrons. The lowest BCUT2D eigenvalue weighted by Crippen LogP contribution is -2.30. The number of hydrogen-bond acceptors (Lipinski definition) is 6. The van der Waals surface area contributed by atoms with Gasteiger partial charge in [0, 0.05) is 19.3 Å². The fourth-order valence-electron chi connectivity index (χ4n) is 8.09. The van der Waals surface area contributed by atoms with Crippen molar-refractivity contribution in [2.45, 2.75) is 271 Å². The molecule has 1 atom stereocenters. The van der Waals surface area contributed by atoms with E-state index in [2.05, 4.69) is 167 Å². The maximum atomic E-state index is 12.8. The first-order valence-electron chi connectivity index (χ1n) is 31.3. The molecular formula is C71H114O6. The van der Waals surface area contributed by atoms with Crippen molar-refractivity contribution in [1.29, 1.82) is 0 Å². The van der Waals surface area contributed by atoms with E-state index >= 15 is 0 Å². The van der Waals surface area contributed by atoms with Crippen molar-refractivity contribution in [3.8, 4) is 0 Å². The van der Waals surface area contributed by atoms with E-state index in [-0.39, 0.29) is 31.1 Å². The molecule has 0 bridgehead atoms. The van der Waals surface area contributed by atoms with Gasteiger partial charge in [-0.25, -0.2) is 0 Å². The van der Waals surface area contributed by atoms with E-state index in [0.29, 0.717) is 19.3 Å². The monoisotopic (exact) mass is 1060 g/mol. The zero-order valence-corrected chi connectivity index (χ0v) is 49.7. The quantitative estimate of drug-likeness (QED) is 0.0261. The van der Waals surface area contributed by atoms with Crippen LogP contribution < -0.4 is 0 Å². The number of unbranched alkanes of at least 4 members (excludes halogenated alkanes) is 20. The third-order valence-corrected chi connectivity index (χ3v) is 12.8. The molecule has 434 valence electrons. The van der Waals surface area contributed by atoms with Gasteiger partial charge in [-0.05, 0) is 141 Å². The minimum absolute atomic E-state index is 0.0984. The summed E-state index contributed by atoms with van der Waals surface area (Å²) in [5, 5.41) is 0. The standard InChI is InChI=1S/C71H114O6/c1-4-7-10-13-16-19-22-24-26-27-28-29-30-31-32-33-34-35-36-37-38-39-40-41-42-43-45-46-49-52-55-58-61-64-70(73)76-67-68(66-75-69(72)63-60-57-54-51-48-21-18-15-12-9-6-3)77-71(74)65-62-59-56-53-50-47-44-25-23-20-17-14-11-8-5-2/h7,10,15-20,24-26,28-29,31-32,34-35,37-38,40-41,43-45,68H,4-6,8-9,11-14,21-23,27,30,33,36,39,42,46-67H2,1-3H3/b10-7-,18-15-,19-16-,20-17-,26-24-,29-28-,32-31-,35-34-,38-37-,41-40-,44-25-,45-43-. The molecule has 0 aromatic heterocycles. The predicted octanol–water partition coefficient (Wildman–Crippen LogP) is 21.5. The fourth-order valence-corrected chi connectivity index (χ4v) is 8.09. The summed E-state index contributed by atoms with van der Waals surface area (Å²) in [6.45, 7) is 6.42. The molecule has 0 aromatic rings. The topological polar surface area (TPSA) is 78.9 Å². The van der Waals surface area contributed by atoms with E-state index in [1.54, 1.807) is 0 Å². The second kappa shape index (κ2) is 63.8. The number of ether oxygens (including phenoxy) is 3. The van der Waals surface area contributed by atoms with Gasteiger partial charge in [0.15, 0.2) is 6.10 Å². The van der Waals surface area contributed by atoms with Crippen LogP contribution in [-0.4, -0.2) is 37.2 Å². The van der Waals surface area contributed by atoms with Crippen molar-refractivity contribution in [3.05, 3.63) is 146 Å². The molecule has 0 aliphatic rings. The molecule has 0 spiro atoms. The number of carbonyl (C=O) groups is 3. The van der Waals surface area contributed by atoms with Crippen LogP contribution in [0.4, 0.5) is 0 Å². The molecule has 0 saturated carbocycles. The average Bonchev–Trinajstić information content (AvgIpc) is 3.43. The Bertz CT molecular complexity index is 1700. The summed E-state index contributed by atoms with van der Waals surface area (Å²) in [5.74, 6) is -0.945. The summed E-state index contributed by atoms with van der Waals surface area (Å²) >= 11 is 0. The van der Waals surface area contributed by atoms with Gasteiger partial charge < -0.3 is 14.2 Å². The zero-order chi connectivity index (χ0) is 55.7. The summed E-state index contributed by atoms with van der Waals surface area (Å²) in [6, 6.07) is 0. The molecule has 0 amide bonds. The van der Waals surface area contributed by atoms with Crippen molar-refractivity contribution in [2.75, 3.05) is 13.2 Å². The lowest BCUT2D eigenvalue weighted by atomic mass is 10.1. The summed E-state index contributed by atoms with van der Waals surface area (Å²) in [5.41, 5.74) is 0. The molecule has 0 aromatic carbocycles. The third kappa shape index (κ3) is 62.0. The number of hydrogen-bond donors (Lipinski definition) is 0. The van der Waals surface area contributed by atoms with Crippen molar-refractivity contribution in [3.63, 3.8) is 0 Å². The highest BCUT2D eigenvalue weighted by atomic mass is 16.6. The van der Waals surface area contributed by atoms with Gasteiger partial charge in [0.2, 0.25) is 0 Å². The Balaban J connectivity index is 4.31. The summed E-state index contributed by atoms with van der Waals surface area (Å²) in [7, 11) is 0. The maximum absolute atomic E-state index is 12.8.